The fraction of sp³-hybridized carbons (Fsp3) is 0.600. The van der Waals surface area contributed by atoms with E-state index in [1.54, 1.807) is 19.0 Å². The molecule has 142 valence electrons. The van der Waals surface area contributed by atoms with Crippen molar-refractivity contribution in [2.75, 3.05) is 27.2 Å². The molecule has 0 spiro atoms. The van der Waals surface area contributed by atoms with Crippen molar-refractivity contribution in [2.24, 2.45) is 4.99 Å². The summed E-state index contributed by atoms with van der Waals surface area (Å²) in [6, 6.07) is 8.93. The van der Waals surface area contributed by atoms with E-state index in [1.807, 2.05) is 0 Å². The molecular weight excluding hydrogens is 392 g/mol. The molecule has 1 aromatic carbocycles. The lowest BCUT2D eigenvalue weighted by Gasteiger charge is -2.22. The Morgan fingerprint density at radius 2 is 1.96 bits per heavy atom. The van der Waals surface area contributed by atoms with E-state index in [2.05, 4.69) is 55.8 Å². The number of amides is 1. The number of hydrogen-bond acceptors (Lipinski definition) is 2. The molecule has 26 heavy (non-hydrogen) atoms. The molecule has 0 heterocycles. The minimum Gasteiger partial charge on any atom is -0.355 e. The molecule has 1 aromatic rings. The molecule has 0 atom stereocenters. The minimum absolute atomic E-state index is 0.0180. The quantitative estimate of drug-likeness (QED) is 0.549. The van der Waals surface area contributed by atoms with Crippen molar-refractivity contribution >= 4 is 27.8 Å². The summed E-state index contributed by atoms with van der Waals surface area (Å²) in [4.78, 5) is 18.1. The van der Waals surface area contributed by atoms with Gasteiger partial charge in [0.2, 0.25) is 5.91 Å². The number of hydrogen-bond donors (Lipinski definition) is 2. The molecule has 6 heteroatoms. The van der Waals surface area contributed by atoms with Gasteiger partial charge in [0, 0.05) is 36.6 Å². The second-order valence-electron chi connectivity index (χ2n) is 7.69. The number of halogens is 1. The summed E-state index contributed by atoms with van der Waals surface area (Å²) in [7, 11) is 3.53. The van der Waals surface area contributed by atoms with E-state index in [1.165, 1.54) is 48.6 Å². The van der Waals surface area contributed by atoms with Gasteiger partial charge >= 0.3 is 0 Å². The van der Waals surface area contributed by atoms with Crippen molar-refractivity contribution in [3.63, 3.8) is 0 Å². The molecule has 0 unspecified atom stereocenters. The molecule has 0 radical (unpaired) electrons. The maximum Gasteiger partial charge on any atom is 0.243 e. The molecule has 2 fully saturated rings. The average Bonchev–Trinajstić information content (AvgIpc) is 3.23. The Morgan fingerprint density at radius 3 is 2.58 bits per heavy atom. The summed E-state index contributed by atoms with van der Waals surface area (Å²) in [5, 5.41) is 7.05. The zero-order chi connectivity index (χ0) is 18.6. The number of nitrogens with one attached hydrogen (secondary N) is 2. The molecule has 0 aliphatic heterocycles. The van der Waals surface area contributed by atoms with Crippen LogP contribution in [-0.4, -0.2) is 50.0 Å². The van der Waals surface area contributed by atoms with E-state index in [-0.39, 0.29) is 17.9 Å². The number of carbonyl (C=O) groups excluding carboxylic acids is 1. The van der Waals surface area contributed by atoms with Crippen LogP contribution in [0, 0.1) is 0 Å². The van der Waals surface area contributed by atoms with Crippen molar-refractivity contribution in [2.45, 2.75) is 50.0 Å². The maximum atomic E-state index is 11.9. The standard InChI is InChI=1S/C20H29BrN4O/c1-25(2)18(26)13-22-19(24-15-7-3-4-8-15)23-14-20(11-12-20)16-9-5-6-10-17(16)21/h5-6,9-10,15H,3-4,7-8,11-14H2,1-2H3,(H2,22,23,24). The summed E-state index contributed by atoms with van der Waals surface area (Å²) in [5.74, 6) is 0.787. The predicted octanol–water partition coefficient (Wildman–Crippen LogP) is 3.05. The summed E-state index contributed by atoms with van der Waals surface area (Å²) >= 11 is 3.69. The lowest BCUT2D eigenvalue weighted by atomic mass is 9.96. The number of nitrogens with zero attached hydrogens (tertiary/aromatic N) is 2. The first-order valence-corrected chi connectivity index (χ1v) is 10.3. The van der Waals surface area contributed by atoms with E-state index in [9.17, 15) is 4.79 Å². The zero-order valence-corrected chi connectivity index (χ0v) is 17.3. The molecule has 2 saturated carbocycles. The molecule has 2 aliphatic carbocycles. The fourth-order valence-electron chi connectivity index (χ4n) is 3.54. The van der Waals surface area contributed by atoms with Crippen molar-refractivity contribution < 1.29 is 4.79 Å². The van der Waals surface area contributed by atoms with Crippen molar-refractivity contribution in [1.82, 2.24) is 15.5 Å². The number of guanidine groups is 1. The Morgan fingerprint density at radius 1 is 1.27 bits per heavy atom. The van der Waals surface area contributed by atoms with Gasteiger partial charge < -0.3 is 15.5 Å². The van der Waals surface area contributed by atoms with Gasteiger partial charge in [-0.1, -0.05) is 47.0 Å². The van der Waals surface area contributed by atoms with E-state index in [4.69, 9.17) is 0 Å². The Balaban J connectivity index is 1.66. The van der Waals surface area contributed by atoms with E-state index in [0.29, 0.717) is 6.04 Å². The first kappa shape index (κ1) is 19.2. The normalized spacial score (nSPS) is 19.3. The van der Waals surface area contributed by atoms with Gasteiger partial charge in [0.1, 0.15) is 6.54 Å². The summed E-state index contributed by atoms with van der Waals surface area (Å²) in [5.41, 5.74) is 1.53. The van der Waals surface area contributed by atoms with Crippen LogP contribution in [0.25, 0.3) is 0 Å². The first-order chi connectivity index (χ1) is 12.5. The van der Waals surface area contributed by atoms with Gasteiger partial charge in [0.25, 0.3) is 0 Å². The SMILES string of the molecule is CN(C)C(=O)CN=C(NCC1(c2ccccc2Br)CC1)NC1CCCC1. The second kappa shape index (κ2) is 8.42. The predicted molar refractivity (Wildman–Crippen MR) is 109 cm³/mol. The van der Waals surface area contributed by atoms with Gasteiger partial charge in [-0.3, -0.25) is 4.79 Å². The van der Waals surface area contributed by atoms with Gasteiger partial charge in [-0.05, 0) is 37.3 Å². The van der Waals surface area contributed by atoms with Crippen LogP contribution in [-0.2, 0) is 10.2 Å². The lowest BCUT2D eigenvalue weighted by Crippen LogP contribution is -2.45. The monoisotopic (exact) mass is 420 g/mol. The summed E-state index contributed by atoms with van der Waals surface area (Å²) < 4.78 is 1.17. The molecule has 0 bridgehead atoms. The van der Waals surface area contributed by atoms with Crippen LogP contribution < -0.4 is 10.6 Å². The third-order valence-electron chi connectivity index (χ3n) is 5.46. The molecule has 0 saturated heterocycles. The third-order valence-corrected chi connectivity index (χ3v) is 6.15. The Labute approximate surface area is 164 Å². The van der Waals surface area contributed by atoms with Gasteiger partial charge in [-0.2, -0.15) is 0 Å². The molecule has 1 amide bonds. The van der Waals surface area contributed by atoms with Crippen LogP contribution in [0.2, 0.25) is 0 Å². The van der Waals surface area contributed by atoms with Gasteiger partial charge in [0.05, 0.1) is 0 Å². The molecule has 0 aromatic heterocycles. The highest BCUT2D eigenvalue weighted by atomic mass is 79.9. The smallest absolute Gasteiger partial charge is 0.243 e. The van der Waals surface area contributed by atoms with Crippen LogP contribution in [0.15, 0.2) is 33.7 Å². The van der Waals surface area contributed by atoms with Crippen LogP contribution >= 0.6 is 15.9 Å². The van der Waals surface area contributed by atoms with Gasteiger partial charge in [-0.15, -0.1) is 0 Å². The topological polar surface area (TPSA) is 56.7 Å². The number of likely N-dealkylation sites (N-methyl/N-ethyl adjacent to an activating group) is 1. The Kier molecular flexibility index (Phi) is 6.22. The third kappa shape index (κ3) is 4.78. The minimum atomic E-state index is 0.0180. The molecule has 2 N–H and O–H groups in total. The van der Waals surface area contributed by atoms with Gasteiger partial charge in [0.15, 0.2) is 5.96 Å². The number of rotatable bonds is 6. The highest BCUT2D eigenvalue weighted by molar-refractivity contribution is 9.10. The Hall–Kier alpha value is -1.56. The summed E-state index contributed by atoms with van der Waals surface area (Å²) in [6.07, 6.45) is 7.24. The van der Waals surface area contributed by atoms with E-state index in [0.717, 1.165) is 12.5 Å². The molecule has 2 aliphatic rings. The number of aliphatic imine (C=N–C) groups is 1. The summed E-state index contributed by atoms with van der Waals surface area (Å²) in [6.45, 7) is 1.02. The Bertz CT molecular complexity index is 664. The number of carbonyl (C=O) groups is 1. The van der Waals surface area contributed by atoms with Crippen molar-refractivity contribution in [1.29, 1.82) is 0 Å². The second-order valence-corrected chi connectivity index (χ2v) is 8.55. The van der Waals surface area contributed by atoms with Gasteiger partial charge in [-0.25, -0.2) is 4.99 Å². The fourth-order valence-corrected chi connectivity index (χ4v) is 4.25. The average molecular weight is 421 g/mol. The maximum absolute atomic E-state index is 11.9. The number of benzene rings is 1. The molecular formula is C20H29BrN4O. The lowest BCUT2D eigenvalue weighted by molar-refractivity contribution is -0.127. The van der Waals surface area contributed by atoms with Crippen LogP contribution in [0.5, 0.6) is 0 Å². The van der Waals surface area contributed by atoms with Crippen LogP contribution in [0.1, 0.15) is 44.1 Å². The van der Waals surface area contributed by atoms with E-state index < -0.39 is 0 Å². The van der Waals surface area contributed by atoms with Crippen LogP contribution in [0.4, 0.5) is 0 Å². The largest absolute Gasteiger partial charge is 0.355 e. The highest BCUT2D eigenvalue weighted by Gasteiger charge is 2.45. The highest BCUT2D eigenvalue weighted by Crippen LogP contribution is 2.49. The van der Waals surface area contributed by atoms with Crippen LogP contribution in [0.3, 0.4) is 0 Å². The molecule has 3 rings (SSSR count). The van der Waals surface area contributed by atoms with Crippen molar-refractivity contribution in [3.05, 3.63) is 34.3 Å². The zero-order valence-electron chi connectivity index (χ0n) is 15.7. The van der Waals surface area contributed by atoms with Crippen molar-refractivity contribution in [3.8, 4) is 0 Å². The van der Waals surface area contributed by atoms with E-state index >= 15 is 0 Å². The first-order valence-electron chi connectivity index (χ1n) is 9.50. The molecule has 5 nitrogen and oxygen atoms in total.